The summed E-state index contributed by atoms with van der Waals surface area (Å²) in [6.07, 6.45) is 1.96. The van der Waals surface area contributed by atoms with Crippen LogP contribution in [-0.2, 0) is 6.54 Å². The molecule has 0 radical (unpaired) electrons. The maximum Gasteiger partial charge on any atom is 0.0949 e. The van der Waals surface area contributed by atoms with Gasteiger partial charge >= 0.3 is 0 Å². The molecular formula is C12H16N2O. The predicted octanol–water partition coefficient (Wildman–Crippen LogP) is 1.28. The zero-order chi connectivity index (χ0) is 10.4. The lowest BCUT2D eigenvalue weighted by Gasteiger charge is -2.35. The van der Waals surface area contributed by atoms with Crippen LogP contribution in [0.3, 0.4) is 0 Å². The van der Waals surface area contributed by atoms with E-state index < -0.39 is 0 Å². The van der Waals surface area contributed by atoms with E-state index in [0.29, 0.717) is 6.04 Å². The average molecular weight is 204 g/mol. The second-order valence-corrected chi connectivity index (χ2v) is 4.58. The van der Waals surface area contributed by atoms with Gasteiger partial charge in [0.05, 0.1) is 6.10 Å². The number of rotatable bonds is 0. The van der Waals surface area contributed by atoms with Crippen LogP contribution < -0.4 is 5.73 Å². The first-order chi connectivity index (χ1) is 7.25. The Balaban J connectivity index is 2.05. The largest absolute Gasteiger partial charge is 0.399 e. The van der Waals surface area contributed by atoms with Crippen LogP contribution in [0.4, 0.5) is 5.69 Å². The summed E-state index contributed by atoms with van der Waals surface area (Å²) >= 11 is 0. The van der Waals surface area contributed by atoms with Crippen molar-refractivity contribution < 1.29 is 5.11 Å². The van der Waals surface area contributed by atoms with Gasteiger partial charge in [0.1, 0.15) is 0 Å². The smallest absolute Gasteiger partial charge is 0.0949 e. The summed E-state index contributed by atoms with van der Waals surface area (Å²) in [4.78, 5) is 2.38. The van der Waals surface area contributed by atoms with Gasteiger partial charge in [0.2, 0.25) is 0 Å². The molecule has 1 unspecified atom stereocenters. The van der Waals surface area contributed by atoms with E-state index in [-0.39, 0.29) is 6.10 Å². The zero-order valence-electron chi connectivity index (χ0n) is 8.69. The molecule has 3 heteroatoms. The molecule has 15 heavy (non-hydrogen) atoms. The van der Waals surface area contributed by atoms with Gasteiger partial charge in [-0.1, -0.05) is 6.07 Å². The van der Waals surface area contributed by atoms with Crippen LogP contribution in [0.1, 0.15) is 30.1 Å². The molecule has 1 fully saturated rings. The number of anilines is 1. The number of benzene rings is 1. The molecule has 3 rings (SSSR count). The van der Waals surface area contributed by atoms with Crippen LogP contribution in [-0.4, -0.2) is 22.6 Å². The number of fused-ring (bicyclic) bond motifs is 2. The molecule has 2 heterocycles. The monoisotopic (exact) mass is 204 g/mol. The first-order valence-electron chi connectivity index (χ1n) is 5.56. The Morgan fingerprint density at radius 2 is 2.27 bits per heavy atom. The molecule has 0 amide bonds. The third-order valence-electron chi connectivity index (χ3n) is 3.64. The summed E-state index contributed by atoms with van der Waals surface area (Å²) in [6, 6.07) is 6.21. The average Bonchev–Trinajstić information content (AvgIpc) is 2.68. The van der Waals surface area contributed by atoms with Crippen molar-refractivity contribution in [1.82, 2.24) is 4.90 Å². The molecule has 3 nitrogen and oxygen atoms in total. The minimum Gasteiger partial charge on any atom is -0.399 e. The van der Waals surface area contributed by atoms with Gasteiger partial charge in [0, 0.05) is 18.3 Å². The molecule has 0 aromatic heterocycles. The summed E-state index contributed by atoms with van der Waals surface area (Å²) < 4.78 is 0. The molecule has 0 spiro atoms. The highest BCUT2D eigenvalue weighted by atomic mass is 16.3. The van der Waals surface area contributed by atoms with Gasteiger partial charge in [-0.3, -0.25) is 4.90 Å². The summed E-state index contributed by atoms with van der Waals surface area (Å²) in [7, 11) is 0. The second-order valence-electron chi connectivity index (χ2n) is 4.58. The molecule has 1 aromatic carbocycles. The van der Waals surface area contributed by atoms with Gasteiger partial charge < -0.3 is 10.8 Å². The van der Waals surface area contributed by atoms with Crippen LogP contribution in [0, 0.1) is 0 Å². The molecule has 2 aliphatic heterocycles. The van der Waals surface area contributed by atoms with Crippen molar-refractivity contribution in [2.45, 2.75) is 31.5 Å². The number of aliphatic hydroxyl groups is 1. The number of nitrogens with two attached hydrogens (primary N) is 1. The van der Waals surface area contributed by atoms with Crippen LogP contribution in [0.15, 0.2) is 18.2 Å². The summed E-state index contributed by atoms with van der Waals surface area (Å²) in [6.45, 7) is 2.09. The minimum absolute atomic E-state index is 0.319. The number of hydrogen-bond acceptors (Lipinski definition) is 3. The van der Waals surface area contributed by atoms with Gasteiger partial charge in [0.25, 0.3) is 0 Å². The molecule has 2 aliphatic rings. The number of nitrogen functional groups attached to an aromatic ring is 1. The van der Waals surface area contributed by atoms with E-state index in [1.807, 2.05) is 18.2 Å². The molecule has 1 saturated heterocycles. The maximum atomic E-state index is 10.3. The van der Waals surface area contributed by atoms with E-state index in [2.05, 4.69) is 4.90 Å². The van der Waals surface area contributed by atoms with Gasteiger partial charge in [0.15, 0.2) is 0 Å². The molecule has 0 aliphatic carbocycles. The van der Waals surface area contributed by atoms with Gasteiger partial charge in [-0.25, -0.2) is 0 Å². The quantitative estimate of drug-likeness (QED) is 0.626. The Kier molecular flexibility index (Phi) is 1.97. The fourth-order valence-corrected chi connectivity index (χ4v) is 2.86. The van der Waals surface area contributed by atoms with Crippen molar-refractivity contribution in [3.8, 4) is 0 Å². The summed E-state index contributed by atoms with van der Waals surface area (Å²) in [5.74, 6) is 0. The minimum atomic E-state index is -0.347. The normalized spacial score (nSPS) is 29.9. The fraction of sp³-hybridized carbons (Fsp3) is 0.500. The fourth-order valence-electron chi connectivity index (χ4n) is 2.86. The Morgan fingerprint density at radius 1 is 1.40 bits per heavy atom. The predicted molar refractivity (Wildman–Crippen MR) is 59.2 cm³/mol. The van der Waals surface area contributed by atoms with Gasteiger partial charge in [-0.15, -0.1) is 0 Å². The zero-order valence-corrected chi connectivity index (χ0v) is 8.69. The van der Waals surface area contributed by atoms with E-state index in [9.17, 15) is 5.11 Å². The lowest BCUT2D eigenvalue weighted by Crippen LogP contribution is -2.38. The van der Waals surface area contributed by atoms with Crippen LogP contribution in [0.25, 0.3) is 0 Å². The first kappa shape index (κ1) is 9.19. The lowest BCUT2D eigenvalue weighted by atomic mass is 9.91. The molecule has 1 aromatic rings. The highest BCUT2D eigenvalue weighted by molar-refractivity contribution is 5.47. The Labute approximate surface area is 89.5 Å². The topological polar surface area (TPSA) is 49.5 Å². The van der Waals surface area contributed by atoms with Gasteiger partial charge in [-0.2, -0.15) is 0 Å². The molecular weight excluding hydrogens is 188 g/mol. The van der Waals surface area contributed by atoms with E-state index in [0.717, 1.165) is 30.8 Å². The summed E-state index contributed by atoms with van der Waals surface area (Å²) in [5, 5.41) is 10.3. The maximum absolute atomic E-state index is 10.3. The number of hydrogen-bond donors (Lipinski definition) is 2. The molecule has 80 valence electrons. The van der Waals surface area contributed by atoms with Crippen molar-refractivity contribution in [3.63, 3.8) is 0 Å². The lowest BCUT2D eigenvalue weighted by molar-refractivity contribution is 0.0534. The van der Waals surface area contributed by atoms with E-state index in [4.69, 9.17) is 5.73 Å². The summed E-state index contributed by atoms with van der Waals surface area (Å²) in [5.41, 5.74) is 8.78. The van der Waals surface area contributed by atoms with Crippen LogP contribution >= 0.6 is 0 Å². The highest BCUT2D eigenvalue weighted by Gasteiger charge is 2.36. The Hall–Kier alpha value is -1.06. The van der Waals surface area contributed by atoms with Crippen LogP contribution in [0.2, 0.25) is 0 Å². The molecule has 0 bridgehead atoms. The second kappa shape index (κ2) is 3.22. The van der Waals surface area contributed by atoms with Crippen molar-refractivity contribution in [3.05, 3.63) is 29.3 Å². The standard InChI is InChI=1S/C12H16N2O/c13-9-4-3-8-7-14-5-1-2-11(14)12(15)10(8)6-9/h3-4,6,11-12,15H,1-2,5,7,13H2/t11-,12?/m0/s1. The molecule has 0 saturated carbocycles. The first-order valence-corrected chi connectivity index (χ1v) is 5.56. The van der Waals surface area contributed by atoms with Crippen molar-refractivity contribution in [2.24, 2.45) is 0 Å². The van der Waals surface area contributed by atoms with E-state index >= 15 is 0 Å². The third kappa shape index (κ3) is 1.34. The van der Waals surface area contributed by atoms with Crippen LogP contribution in [0.5, 0.6) is 0 Å². The van der Waals surface area contributed by atoms with Crippen molar-refractivity contribution in [2.75, 3.05) is 12.3 Å². The third-order valence-corrected chi connectivity index (χ3v) is 3.64. The van der Waals surface area contributed by atoms with Crippen molar-refractivity contribution in [1.29, 1.82) is 0 Å². The number of nitrogens with zero attached hydrogens (tertiary/aromatic N) is 1. The Bertz CT molecular complexity index is 391. The molecule has 3 N–H and O–H groups in total. The SMILES string of the molecule is Nc1ccc2c(c1)C(O)[C@@H]1CCCN1C2. The molecule has 2 atom stereocenters. The van der Waals surface area contributed by atoms with Crippen molar-refractivity contribution >= 4 is 5.69 Å². The Morgan fingerprint density at radius 3 is 3.13 bits per heavy atom. The van der Waals surface area contributed by atoms with E-state index in [1.54, 1.807) is 0 Å². The van der Waals surface area contributed by atoms with E-state index in [1.165, 1.54) is 12.0 Å². The number of aliphatic hydroxyl groups excluding tert-OH is 1. The van der Waals surface area contributed by atoms with Gasteiger partial charge in [-0.05, 0) is 42.6 Å². The highest BCUT2D eigenvalue weighted by Crippen LogP contribution is 2.37.